The van der Waals surface area contributed by atoms with Crippen LogP contribution in [-0.2, 0) is 9.53 Å². The molecular weight excluding hydrogens is 628 g/mol. The summed E-state index contributed by atoms with van der Waals surface area (Å²) in [6.07, 6.45) is 2.09. The number of nitro groups is 2. The smallest absolute Gasteiger partial charge is 0.335 e. The number of carbonyl (C=O) groups is 2. The van der Waals surface area contributed by atoms with Gasteiger partial charge in [-0.2, -0.15) is 10.5 Å². The summed E-state index contributed by atoms with van der Waals surface area (Å²) in [5.74, 6) is -0.647. The minimum absolute atomic E-state index is 0.0831. The largest absolute Gasteiger partial charge is 0.463 e. The predicted molar refractivity (Wildman–Crippen MR) is 147 cm³/mol. The van der Waals surface area contributed by atoms with Crippen LogP contribution in [0.2, 0.25) is 0 Å². The lowest BCUT2D eigenvalue weighted by Gasteiger charge is -2.04. The Bertz CT molecular complexity index is 1310. The molecule has 2 aromatic carbocycles. The first kappa shape index (κ1) is 33.8. The van der Waals surface area contributed by atoms with Gasteiger partial charge < -0.3 is 4.74 Å². The number of benzene rings is 2. The number of ether oxygens (including phenoxy) is 1. The Hall–Kier alpha value is -4.20. The van der Waals surface area contributed by atoms with Crippen molar-refractivity contribution in [3.05, 3.63) is 94.4 Å². The number of halogens is 2. The van der Waals surface area contributed by atoms with Crippen LogP contribution in [0.15, 0.2) is 63.1 Å². The highest BCUT2D eigenvalue weighted by Crippen LogP contribution is 2.26. The van der Waals surface area contributed by atoms with Gasteiger partial charge in [0.05, 0.1) is 58.1 Å². The number of carbonyl (C=O) groups excluding carboxylic acids is 2. The van der Waals surface area contributed by atoms with Crippen molar-refractivity contribution in [2.24, 2.45) is 0 Å². The molecule has 0 spiro atoms. The van der Waals surface area contributed by atoms with Crippen LogP contribution >= 0.6 is 31.9 Å². The van der Waals surface area contributed by atoms with E-state index in [0.29, 0.717) is 21.7 Å². The number of nitriles is 2. The standard InChI is InChI=1S/C13H11BrN2O4.C7H4BrNO3.C5H7N/c1-2-20-13(17)10(5-6-15)7-9-3-4-11(14)8-12(9)16(18)19;8-6-2-1-5(4-10)7(3-6)9(11)12;1-5(2)3-4-6/h3-4,7-8H,2,5H2,1H3;1-4H;1,3H2,2H3/b10-7+;;. The summed E-state index contributed by atoms with van der Waals surface area (Å²) in [7, 11) is 0. The van der Waals surface area contributed by atoms with E-state index < -0.39 is 15.8 Å². The van der Waals surface area contributed by atoms with Gasteiger partial charge in [0.15, 0.2) is 6.29 Å². The molecule has 0 aliphatic rings. The summed E-state index contributed by atoms with van der Waals surface area (Å²) < 4.78 is 5.95. The average Bonchev–Trinajstić information content (AvgIpc) is 2.85. The highest BCUT2D eigenvalue weighted by atomic mass is 79.9. The van der Waals surface area contributed by atoms with Crippen LogP contribution in [-0.4, -0.2) is 28.7 Å². The molecule has 0 aromatic heterocycles. The van der Waals surface area contributed by atoms with Crippen molar-refractivity contribution in [3.8, 4) is 12.1 Å². The summed E-state index contributed by atoms with van der Waals surface area (Å²) in [5.41, 5.74) is 1.01. The zero-order chi connectivity index (χ0) is 29.3. The molecule has 38 heavy (non-hydrogen) atoms. The Morgan fingerprint density at radius 3 is 1.84 bits per heavy atom. The topological polar surface area (TPSA) is 177 Å². The van der Waals surface area contributed by atoms with Crippen molar-refractivity contribution >= 4 is 61.6 Å². The molecule has 0 heterocycles. The van der Waals surface area contributed by atoms with Crippen LogP contribution in [0.25, 0.3) is 6.08 Å². The van der Waals surface area contributed by atoms with Crippen molar-refractivity contribution in [3.63, 3.8) is 0 Å². The van der Waals surface area contributed by atoms with Crippen LogP contribution < -0.4 is 0 Å². The zero-order valence-corrected chi connectivity index (χ0v) is 23.5. The van der Waals surface area contributed by atoms with Crippen molar-refractivity contribution in [2.75, 3.05) is 6.61 Å². The summed E-state index contributed by atoms with van der Waals surface area (Å²) >= 11 is 6.22. The molecule has 0 bridgehead atoms. The van der Waals surface area contributed by atoms with Crippen LogP contribution in [0.5, 0.6) is 0 Å². The second-order valence-electron chi connectivity index (χ2n) is 7.06. The molecule has 11 nitrogen and oxygen atoms in total. The SMILES string of the molecule is C=C(C)CC#N.CCOC(=O)/C(=C/c1ccc(Br)cc1[N+](=O)[O-])CC#N.O=Cc1ccc(Br)cc1[N+](=O)[O-]. The van der Waals surface area contributed by atoms with Gasteiger partial charge in [0, 0.05) is 21.1 Å². The molecule has 13 heteroatoms. The van der Waals surface area contributed by atoms with Gasteiger partial charge in [-0.3, -0.25) is 25.0 Å². The van der Waals surface area contributed by atoms with E-state index in [2.05, 4.69) is 38.4 Å². The second kappa shape index (κ2) is 18.1. The fraction of sp³-hybridized carbons (Fsp3) is 0.200. The van der Waals surface area contributed by atoms with Gasteiger partial charge in [0.2, 0.25) is 0 Å². The van der Waals surface area contributed by atoms with Crippen molar-refractivity contribution in [1.29, 1.82) is 10.5 Å². The Kier molecular flexibility index (Phi) is 16.1. The van der Waals surface area contributed by atoms with E-state index >= 15 is 0 Å². The molecular formula is C25H22Br2N4O7. The van der Waals surface area contributed by atoms with Gasteiger partial charge in [0.1, 0.15) is 0 Å². The van der Waals surface area contributed by atoms with Gasteiger partial charge >= 0.3 is 5.97 Å². The van der Waals surface area contributed by atoms with Crippen molar-refractivity contribution < 1.29 is 24.2 Å². The number of hydrogen-bond donors (Lipinski definition) is 0. The third-order valence-electron chi connectivity index (χ3n) is 4.02. The lowest BCUT2D eigenvalue weighted by atomic mass is 10.1. The minimum atomic E-state index is -0.647. The number of hydrogen-bond acceptors (Lipinski definition) is 9. The van der Waals surface area contributed by atoms with E-state index in [4.69, 9.17) is 15.3 Å². The van der Waals surface area contributed by atoms with Gasteiger partial charge in [-0.15, -0.1) is 0 Å². The molecule has 0 saturated carbocycles. The molecule has 0 fully saturated rings. The Labute approximate surface area is 235 Å². The first-order chi connectivity index (χ1) is 17.9. The van der Waals surface area contributed by atoms with E-state index in [1.165, 1.54) is 30.3 Å². The predicted octanol–water partition coefficient (Wildman–Crippen LogP) is 6.86. The molecule has 0 amide bonds. The number of allylic oxidation sites excluding steroid dienone is 1. The number of aldehydes is 1. The maximum atomic E-state index is 11.7. The van der Waals surface area contributed by atoms with Gasteiger partial charge in [-0.1, -0.05) is 44.0 Å². The summed E-state index contributed by atoms with van der Waals surface area (Å²) in [6, 6.07) is 12.5. The molecule has 0 atom stereocenters. The maximum Gasteiger partial charge on any atom is 0.335 e. The molecule has 0 saturated heterocycles. The quantitative estimate of drug-likeness (QED) is 0.0737. The normalized spacial score (nSPS) is 9.68. The fourth-order valence-electron chi connectivity index (χ4n) is 2.39. The number of nitro benzene ring substituents is 2. The van der Waals surface area contributed by atoms with E-state index in [1.54, 1.807) is 19.1 Å². The highest BCUT2D eigenvalue weighted by Gasteiger charge is 2.16. The fourth-order valence-corrected chi connectivity index (χ4v) is 3.08. The molecule has 0 radical (unpaired) electrons. The van der Waals surface area contributed by atoms with E-state index in [1.807, 2.05) is 19.1 Å². The molecule has 0 N–H and O–H groups in total. The van der Waals surface area contributed by atoms with Gasteiger partial charge in [-0.05, 0) is 44.2 Å². The van der Waals surface area contributed by atoms with Crippen LogP contribution in [0, 0.1) is 42.9 Å². The maximum absolute atomic E-state index is 11.7. The molecule has 2 aromatic rings. The zero-order valence-electron chi connectivity index (χ0n) is 20.3. The molecule has 0 aliphatic carbocycles. The number of nitrogens with zero attached hydrogens (tertiary/aromatic N) is 4. The lowest BCUT2D eigenvalue weighted by Crippen LogP contribution is -2.07. The molecule has 0 unspecified atom stereocenters. The van der Waals surface area contributed by atoms with Crippen LogP contribution in [0.3, 0.4) is 0 Å². The Balaban J connectivity index is 0.000000640. The third kappa shape index (κ3) is 12.7. The highest BCUT2D eigenvalue weighted by molar-refractivity contribution is 9.10. The van der Waals surface area contributed by atoms with Gasteiger partial charge in [-0.25, -0.2) is 4.79 Å². The lowest BCUT2D eigenvalue weighted by molar-refractivity contribution is -0.385. The van der Waals surface area contributed by atoms with Crippen LogP contribution in [0.4, 0.5) is 11.4 Å². The van der Waals surface area contributed by atoms with E-state index in [-0.39, 0.29) is 41.1 Å². The van der Waals surface area contributed by atoms with Crippen molar-refractivity contribution in [2.45, 2.75) is 26.7 Å². The number of rotatable bonds is 8. The average molecular weight is 650 g/mol. The third-order valence-corrected chi connectivity index (χ3v) is 5.01. The summed E-state index contributed by atoms with van der Waals surface area (Å²) in [4.78, 5) is 42.2. The molecule has 0 aliphatic heterocycles. The van der Waals surface area contributed by atoms with Crippen LogP contribution in [0.1, 0.15) is 42.6 Å². The van der Waals surface area contributed by atoms with Crippen molar-refractivity contribution in [1.82, 2.24) is 0 Å². The Morgan fingerprint density at radius 1 is 1.00 bits per heavy atom. The minimum Gasteiger partial charge on any atom is -0.463 e. The first-order valence-electron chi connectivity index (χ1n) is 10.5. The van der Waals surface area contributed by atoms with E-state index in [0.717, 1.165) is 5.57 Å². The molecule has 2 rings (SSSR count). The number of esters is 1. The first-order valence-corrected chi connectivity index (χ1v) is 12.1. The Morgan fingerprint density at radius 2 is 1.47 bits per heavy atom. The summed E-state index contributed by atoms with van der Waals surface area (Å²) in [5, 5.41) is 38.0. The van der Waals surface area contributed by atoms with Gasteiger partial charge in [0.25, 0.3) is 11.4 Å². The second-order valence-corrected chi connectivity index (χ2v) is 8.89. The monoisotopic (exact) mass is 648 g/mol. The van der Waals surface area contributed by atoms with E-state index in [9.17, 15) is 29.8 Å². The molecule has 198 valence electrons. The summed E-state index contributed by atoms with van der Waals surface area (Å²) in [6.45, 7) is 7.17.